The van der Waals surface area contributed by atoms with E-state index in [0.29, 0.717) is 5.56 Å². The largest absolute Gasteiger partial charge is 0.324 e. The SMILES string of the molecule is NC(N)NC(=O)c1ccc([18F])cc1. The Morgan fingerprint density at radius 2 is 1.85 bits per heavy atom. The number of amides is 1. The van der Waals surface area contributed by atoms with E-state index < -0.39 is 18.0 Å². The Kier molecular flexibility index (Phi) is 2.94. The van der Waals surface area contributed by atoms with E-state index in [4.69, 9.17) is 11.5 Å². The maximum Gasteiger partial charge on any atom is 0.253 e. The van der Waals surface area contributed by atoms with Gasteiger partial charge in [-0.05, 0) is 24.3 Å². The average molecular weight is 182 g/mol. The first-order valence-electron chi connectivity index (χ1n) is 3.67. The minimum atomic E-state index is -0.905. The van der Waals surface area contributed by atoms with Gasteiger partial charge in [0, 0.05) is 5.56 Å². The standard InChI is InChI=1S/C8H10FN3O/c9-6-3-1-5(2-4-6)7(13)12-8(10)11/h1-4,8H,10-11H2,(H,12,13)/i9-1. The van der Waals surface area contributed by atoms with Crippen molar-refractivity contribution in [2.24, 2.45) is 11.5 Å². The zero-order valence-electron chi connectivity index (χ0n) is 6.83. The van der Waals surface area contributed by atoms with Crippen molar-refractivity contribution in [2.45, 2.75) is 6.29 Å². The number of nitrogens with one attached hydrogen (secondary N) is 1. The second-order valence-electron chi connectivity index (χ2n) is 2.51. The van der Waals surface area contributed by atoms with Crippen molar-refractivity contribution in [1.82, 2.24) is 5.32 Å². The van der Waals surface area contributed by atoms with Gasteiger partial charge in [0.05, 0.1) is 0 Å². The molecule has 5 N–H and O–H groups in total. The van der Waals surface area contributed by atoms with Crippen molar-refractivity contribution in [3.8, 4) is 0 Å². The molecule has 1 aromatic rings. The summed E-state index contributed by atoms with van der Waals surface area (Å²) in [6.07, 6.45) is -0.905. The Morgan fingerprint density at radius 3 is 2.31 bits per heavy atom. The molecule has 0 aromatic heterocycles. The van der Waals surface area contributed by atoms with Crippen LogP contribution in [0.4, 0.5) is 4.39 Å². The number of benzene rings is 1. The molecule has 0 radical (unpaired) electrons. The zero-order valence-corrected chi connectivity index (χ0v) is 6.83. The maximum absolute atomic E-state index is 12.4. The third-order valence-electron chi connectivity index (χ3n) is 1.40. The third kappa shape index (κ3) is 2.81. The molecule has 4 nitrogen and oxygen atoms in total. The molecule has 13 heavy (non-hydrogen) atoms. The molecule has 1 aromatic carbocycles. The summed E-state index contributed by atoms with van der Waals surface area (Å²) in [6.45, 7) is 0. The van der Waals surface area contributed by atoms with Crippen LogP contribution >= 0.6 is 0 Å². The summed E-state index contributed by atoms with van der Waals surface area (Å²) in [6, 6.07) is 5.09. The predicted molar refractivity (Wildman–Crippen MR) is 46.0 cm³/mol. The molecule has 70 valence electrons. The van der Waals surface area contributed by atoms with Gasteiger partial charge < -0.3 is 5.32 Å². The monoisotopic (exact) mass is 182 g/mol. The molecule has 0 unspecified atom stereocenters. The number of carbonyl (C=O) groups is 1. The van der Waals surface area contributed by atoms with Crippen LogP contribution in [0.3, 0.4) is 0 Å². The van der Waals surface area contributed by atoms with Crippen molar-refractivity contribution < 1.29 is 9.18 Å². The lowest BCUT2D eigenvalue weighted by atomic mass is 10.2. The zero-order chi connectivity index (χ0) is 9.84. The first-order chi connectivity index (χ1) is 6.09. The van der Waals surface area contributed by atoms with Crippen LogP contribution in [0, 0.1) is 5.82 Å². The Morgan fingerprint density at radius 1 is 1.31 bits per heavy atom. The summed E-state index contributed by atoms with van der Waals surface area (Å²) in [4.78, 5) is 11.2. The lowest BCUT2D eigenvalue weighted by Gasteiger charge is -2.07. The number of rotatable bonds is 2. The molecular weight excluding hydrogens is 172 g/mol. The van der Waals surface area contributed by atoms with Crippen molar-refractivity contribution >= 4 is 5.91 Å². The molecule has 0 atom stereocenters. The fraction of sp³-hybridized carbons (Fsp3) is 0.125. The van der Waals surface area contributed by atoms with Crippen molar-refractivity contribution in [3.05, 3.63) is 35.6 Å². The summed E-state index contributed by atoms with van der Waals surface area (Å²) in [5.74, 6) is -0.816. The molecule has 0 saturated heterocycles. The van der Waals surface area contributed by atoms with Gasteiger partial charge in [-0.2, -0.15) is 0 Å². The molecular formula is C8H10FN3O. The lowest BCUT2D eigenvalue weighted by Crippen LogP contribution is -2.48. The van der Waals surface area contributed by atoms with Gasteiger partial charge in [0.1, 0.15) is 12.1 Å². The van der Waals surface area contributed by atoms with Gasteiger partial charge >= 0.3 is 0 Å². The van der Waals surface area contributed by atoms with Crippen LogP contribution in [0.5, 0.6) is 0 Å². The second-order valence-corrected chi connectivity index (χ2v) is 2.51. The topological polar surface area (TPSA) is 81.1 Å². The van der Waals surface area contributed by atoms with E-state index in [-0.39, 0.29) is 0 Å². The fourth-order valence-corrected chi connectivity index (χ4v) is 0.836. The van der Waals surface area contributed by atoms with E-state index >= 15 is 0 Å². The number of nitrogens with two attached hydrogens (primary N) is 2. The highest BCUT2D eigenvalue weighted by Crippen LogP contribution is 2.01. The van der Waals surface area contributed by atoms with Crippen molar-refractivity contribution in [1.29, 1.82) is 0 Å². The average Bonchev–Trinajstić information content (AvgIpc) is 2.04. The summed E-state index contributed by atoms with van der Waals surface area (Å²) >= 11 is 0. The van der Waals surface area contributed by atoms with Crippen LogP contribution in [0.2, 0.25) is 0 Å². The van der Waals surface area contributed by atoms with Crippen molar-refractivity contribution in [2.75, 3.05) is 0 Å². The molecule has 0 saturated carbocycles. The summed E-state index contributed by atoms with van der Waals surface area (Å²) in [7, 11) is 0. The van der Waals surface area contributed by atoms with Crippen LogP contribution in [0.15, 0.2) is 24.3 Å². The molecule has 0 aliphatic carbocycles. The number of hydrogen-bond donors (Lipinski definition) is 3. The van der Waals surface area contributed by atoms with Crippen LogP contribution in [0.25, 0.3) is 0 Å². The molecule has 0 spiro atoms. The highest BCUT2D eigenvalue weighted by molar-refractivity contribution is 5.94. The molecule has 1 rings (SSSR count). The lowest BCUT2D eigenvalue weighted by molar-refractivity contribution is 0.0939. The Labute approximate surface area is 74.7 Å². The molecule has 0 fully saturated rings. The maximum atomic E-state index is 12.4. The predicted octanol–water partition coefficient (Wildman–Crippen LogP) is -0.244. The highest BCUT2D eigenvalue weighted by atomic mass is 18.2. The number of carbonyl (C=O) groups excluding carboxylic acids is 1. The van der Waals surface area contributed by atoms with E-state index in [1.165, 1.54) is 24.3 Å². The third-order valence-corrected chi connectivity index (χ3v) is 1.40. The van der Waals surface area contributed by atoms with Crippen LogP contribution in [0.1, 0.15) is 10.4 Å². The van der Waals surface area contributed by atoms with Gasteiger partial charge in [-0.15, -0.1) is 0 Å². The molecule has 0 aliphatic heterocycles. The molecule has 0 heterocycles. The van der Waals surface area contributed by atoms with Gasteiger partial charge in [-0.25, -0.2) is 4.39 Å². The van der Waals surface area contributed by atoms with Crippen molar-refractivity contribution in [3.63, 3.8) is 0 Å². The van der Waals surface area contributed by atoms with Gasteiger partial charge in [0.2, 0.25) is 0 Å². The minimum absolute atomic E-state index is 0.322. The van der Waals surface area contributed by atoms with E-state index in [1.807, 2.05) is 0 Å². The summed E-state index contributed by atoms with van der Waals surface area (Å²) < 4.78 is 12.4. The second kappa shape index (κ2) is 3.97. The Balaban J connectivity index is 2.72. The quantitative estimate of drug-likeness (QED) is 0.552. The molecule has 1 amide bonds. The van der Waals surface area contributed by atoms with E-state index in [1.54, 1.807) is 0 Å². The highest BCUT2D eigenvalue weighted by Gasteiger charge is 2.05. The smallest absolute Gasteiger partial charge is 0.253 e. The first-order valence-corrected chi connectivity index (χ1v) is 3.67. The molecule has 0 bridgehead atoms. The summed E-state index contributed by atoms with van der Waals surface area (Å²) in [5, 5.41) is 2.27. The Hall–Kier alpha value is -1.46. The van der Waals surface area contributed by atoms with Gasteiger partial charge in [0.15, 0.2) is 0 Å². The number of halogens is 1. The Bertz CT molecular complexity index is 297. The van der Waals surface area contributed by atoms with E-state index in [0.717, 1.165) is 0 Å². The van der Waals surface area contributed by atoms with Gasteiger partial charge in [-0.3, -0.25) is 16.3 Å². The van der Waals surface area contributed by atoms with E-state index in [9.17, 15) is 9.18 Å². The fourth-order valence-electron chi connectivity index (χ4n) is 0.836. The summed E-state index contributed by atoms with van der Waals surface area (Å²) in [5.41, 5.74) is 10.6. The van der Waals surface area contributed by atoms with Crippen LogP contribution in [-0.4, -0.2) is 12.2 Å². The van der Waals surface area contributed by atoms with Crippen LogP contribution in [-0.2, 0) is 0 Å². The molecule has 0 aliphatic rings. The normalized spacial score (nSPS) is 10.2. The molecule has 5 heteroatoms. The van der Waals surface area contributed by atoms with Gasteiger partial charge in [0.25, 0.3) is 5.91 Å². The first kappa shape index (κ1) is 9.63. The van der Waals surface area contributed by atoms with Crippen LogP contribution < -0.4 is 16.8 Å². The van der Waals surface area contributed by atoms with E-state index in [2.05, 4.69) is 5.32 Å². The number of hydrogen-bond acceptors (Lipinski definition) is 3. The minimum Gasteiger partial charge on any atom is -0.324 e. The van der Waals surface area contributed by atoms with Gasteiger partial charge in [-0.1, -0.05) is 0 Å².